The number of carbonyl (C=O) groups excluding carboxylic acids is 2. The van der Waals surface area contributed by atoms with E-state index in [1.54, 1.807) is 28.9 Å². The van der Waals surface area contributed by atoms with E-state index in [-0.39, 0.29) is 24.1 Å². The van der Waals surface area contributed by atoms with Crippen LogP contribution in [0.3, 0.4) is 0 Å². The maximum Gasteiger partial charge on any atom is 0.305 e. The number of piperidine rings is 1. The molecule has 2 heterocycles. The molecule has 1 aliphatic rings. The number of carboxylic acid groups (broad SMARTS) is 1. The van der Waals surface area contributed by atoms with Gasteiger partial charge in [0.25, 0.3) is 11.8 Å². The van der Waals surface area contributed by atoms with Gasteiger partial charge in [-0.15, -0.1) is 0 Å². The summed E-state index contributed by atoms with van der Waals surface area (Å²) < 4.78 is 1.56. The van der Waals surface area contributed by atoms with Gasteiger partial charge in [-0.1, -0.05) is 43.7 Å². The van der Waals surface area contributed by atoms with E-state index in [4.69, 9.17) is 0 Å². The molecular weight excluding hydrogens is 408 g/mol. The molecule has 2 atom stereocenters. The Hall–Kier alpha value is -3.16. The SMILES string of the molecule is CCCC1CCCCN1C(=O)c1cc(C(=O)N[C@@H](CC(=O)O)c2ccccc2)nn1CC. The summed E-state index contributed by atoms with van der Waals surface area (Å²) in [6.07, 6.45) is 4.84. The largest absolute Gasteiger partial charge is 0.481 e. The quantitative estimate of drug-likeness (QED) is 0.619. The van der Waals surface area contributed by atoms with Gasteiger partial charge in [0.1, 0.15) is 5.69 Å². The van der Waals surface area contributed by atoms with Crippen molar-refractivity contribution in [3.63, 3.8) is 0 Å². The van der Waals surface area contributed by atoms with Crippen LogP contribution < -0.4 is 5.32 Å². The van der Waals surface area contributed by atoms with E-state index in [1.807, 2.05) is 17.9 Å². The molecule has 8 heteroatoms. The number of hydrogen-bond donors (Lipinski definition) is 2. The fourth-order valence-electron chi connectivity index (χ4n) is 4.33. The lowest BCUT2D eigenvalue weighted by Gasteiger charge is -2.35. The standard InChI is InChI=1S/C24H32N4O4/c1-3-10-18-13-8-9-14-27(18)24(32)21-15-20(26-28(21)4-2)23(31)25-19(16-22(29)30)17-11-6-5-7-12-17/h5-7,11-12,15,18-19H,3-4,8-10,13-14,16H2,1-2H3,(H,25,31)(H,29,30)/t18?,19-/m0/s1. The first kappa shape index (κ1) is 23.5. The molecule has 0 spiro atoms. The molecule has 172 valence electrons. The zero-order valence-electron chi connectivity index (χ0n) is 18.8. The normalized spacial score (nSPS) is 17.1. The van der Waals surface area contributed by atoms with Crippen LogP contribution in [0.2, 0.25) is 0 Å². The molecule has 8 nitrogen and oxygen atoms in total. The zero-order valence-corrected chi connectivity index (χ0v) is 18.8. The van der Waals surface area contributed by atoms with Gasteiger partial charge in [0.05, 0.1) is 12.5 Å². The lowest BCUT2D eigenvalue weighted by atomic mass is 9.98. The van der Waals surface area contributed by atoms with Gasteiger partial charge in [-0.3, -0.25) is 19.1 Å². The highest BCUT2D eigenvalue weighted by Gasteiger charge is 2.30. The lowest BCUT2D eigenvalue weighted by Crippen LogP contribution is -2.44. The predicted molar refractivity (Wildman–Crippen MR) is 120 cm³/mol. The summed E-state index contributed by atoms with van der Waals surface area (Å²) in [6, 6.07) is 10.0. The molecule has 1 aromatic carbocycles. The summed E-state index contributed by atoms with van der Waals surface area (Å²) in [5.74, 6) is -1.60. The summed E-state index contributed by atoms with van der Waals surface area (Å²) >= 11 is 0. The van der Waals surface area contributed by atoms with Crippen LogP contribution in [0.1, 0.15) is 85.0 Å². The highest BCUT2D eigenvalue weighted by molar-refractivity contribution is 5.98. The second-order valence-electron chi connectivity index (χ2n) is 8.20. The van der Waals surface area contributed by atoms with Gasteiger partial charge in [-0.05, 0) is 38.2 Å². The number of aryl methyl sites for hydroxylation is 1. The fourth-order valence-corrected chi connectivity index (χ4v) is 4.33. The van der Waals surface area contributed by atoms with Gasteiger partial charge in [-0.2, -0.15) is 5.10 Å². The third-order valence-electron chi connectivity index (χ3n) is 5.93. The molecule has 0 bridgehead atoms. The molecule has 0 aliphatic carbocycles. The summed E-state index contributed by atoms with van der Waals surface area (Å²) in [6.45, 7) is 5.17. The van der Waals surface area contributed by atoms with Gasteiger partial charge in [0.2, 0.25) is 0 Å². The van der Waals surface area contributed by atoms with Crippen LogP contribution in [0.4, 0.5) is 0 Å². The molecule has 1 saturated heterocycles. The van der Waals surface area contributed by atoms with Crippen molar-refractivity contribution in [1.82, 2.24) is 20.0 Å². The minimum atomic E-state index is -1.01. The molecule has 2 amide bonds. The Kier molecular flexibility index (Phi) is 8.03. The highest BCUT2D eigenvalue weighted by Crippen LogP contribution is 2.24. The van der Waals surface area contributed by atoms with Crippen LogP contribution >= 0.6 is 0 Å². The molecule has 1 aromatic heterocycles. The van der Waals surface area contributed by atoms with Crippen molar-refractivity contribution in [2.75, 3.05) is 6.54 Å². The van der Waals surface area contributed by atoms with Crippen LogP contribution in [-0.4, -0.2) is 50.2 Å². The number of carboxylic acids is 1. The minimum Gasteiger partial charge on any atom is -0.481 e. The summed E-state index contributed by atoms with van der Waals surface area (Å²) in [4.78, 5) is 39.6. The van der Waals surface area contributed by atoms with Crippen LogP contribution in [0.5, 0.6) is 0 Å². The Labute approximate surface area is 188 Å². The first-order valence-corrected chi connectivity index (χ1v) is 11.4. The molecule has 2 aromatic rings. The van der Waals surface area contributed by atoms with E-state index in [9.17, 15) is 19.5 Å². The first-order valence-electron chi connectivity index (χ1n) is 11.4. The Bertz CT molecular complexity index is 939. The van der Waals surface area contributed by atoms with E-state index in [2.05, 4.69) is 17.3 Å². The van der Waals surface area contributed by atoms with Crippen molar-refractivity contribution < 1.29 is 19.5 Å². The van der Waals surface area contributed by atoms with Crippen molar-refractivity contribution in [2.24, 2.45) is 0 Å². The number of rotatable bonds is 9. The maximum atomic E-state index is 13.3. The maximum absolute atomic E-state index is 13.3. The highest BCUT2D eigenvalue weighted by atomic mass is 16.4. The lowest BCUT2D eigenvalue weighted by molar-refractivity contribution is -0.137. The summed E-state index contributed by atoms with van der Waals surface area (Å²) in [5.41, 5.74) is 1.21. The van der Waals surface area contributed by atoms with Gasteiger partial charge in [0, 0.05) is 25.2 Å². The van der Waals surface area contributed by atoms with Gasteiger partial charge >= 0.3 is 5.97 Å². The van der Waals surface area contributed by atoms with Crippen molar-refractivity contribution in [3.05, 3.63) is 53.3 Å². The molecule has 1 aliphatic heterocycles. The van der Waals surface area contributed by atoms with E-state index in [1.165, 1.54) is 6.07 Å². The molecule has 32 heavy (non-hydrogen) atoms. The molecule has 2 N–H and O–H groups in total. The molecule has 1 unspecified atom stereocenters. The second-order valence-corrected chi connectivity index (χ2v) is 8.20. The summed E-state index contributed by atoms with van der Waals surface area (Å²) in [7, 11) is 0. The predicted octanol–water partition coefficient (Wildman–Crippen LogP) is 3.64. The first-order chi connectivity index (χ1) is 15.4. The number of nitrogens with zero attached hydrogens (tertiary/aromatic N) is 3. The number of amides is 2. The van der Waals surface area contributed by atoms with Crippen LogP contribution in [0, 0.1) is 0 Å². The number of carbonyl (C=O) groups is 3. The topological polar surface area (TPSA) is 105 Å². The van der Waals surface area contributed by atoms with E-state index in [0.29, 0.717) is 24.3 Å². The molecule has 0 radical (unpaired) electrons. The molecule has 1 fully saturated rings. The molecule has 0 saturated carbocycles. The van der Waals surface area contributed by atoms with Crippen LogP contribution in [-0.2, 0) is 11.3 Å². The Morgan fingerprint density at radius 3 is 2.59 bits per heavy atom. The van der Waals surface area contributed by atoms with Crippen molar-refractivity contribution in [3.8, 4) is 0 Å². The Morgan fingerprint density at radius 2 is 1.94 bits per heavy atom. The van der Waals surface area contributed by atoms with E-state index < -0.39 is 17.9 Å². The summed E-state index contributed by atoms with van der Waals surface area (Å²) in [5, 5.41) is 16.4. The average Bonchev–Trinajstić information content (AvgIpc) is 3.24. The van der Waals surface area contributed by atoms with Gasteiger partial charge in [-0.25, -0.2) is 0 Å². The monoisotopic (exact) mass is 440 g/mol. The van der Waals surface area contributed by atoms with Gasteiger partial charge < -0.3 is 15.3 Å². The molecule has 3 rings (SSSR count). The number of aromatic nitrogens is 2. The van der Waals surface area contributed by atoms with Crippen LogP contribution in [0.15, 0.2) is 36.4 Å². The van der Waals surface area contributed by atoms with Gasteiger partial charge in [0.15, 0.2) is 5.69 Å². The fraction of sp³-hybridized carbons (Fsp3) is 0.500. The third-order valence-corrected chi connectivity index (χ3v) is 5.93. The number of aliphatic carboxylic acids is 1. The van der Waals surface area contributed by atoms with E-state index in [0.717, 1.165) is 32.1 Å². The zero-order chi connectivity index (χ0) is 23.1. The Morgan fingerprint density at radius 1 is 1.19 bits per heavy atom. The smallest absolute Gasteiger partial charge is 0.305 e. The number of likely N-dealkylation sites (tertiary alicyclic amines) is 1. The third kappa shape index (κ3) is 5.55. The van der Waals surface area contributed by atoms with Crippen molar-refractivity contribution >= 4 is 17.8 Å². The number of nitrogens with one attached hydrogen (secondary N) is 1. The average molecular weight is 441 g/mol. The number of benzene rings is 1. The van der Waals surface area contributed by atoms with Crippen molar-refractivity contribution in [1.29, 1.82) is 0 Å². The minimum absolute atomic E-state index is 0.0957. The van der Waals surface area contributed by atoms with Crippen molar-refractivity contribution in [2.45, 2.75) is 71.0 Å². The van der Waals surface area contributed by atoms with E-state index >= 15 is 0 Å². The van der Waals surface area contributed by atoms with Crippen LogP contribution in [0.25, 0.3) is 0 Å². The number of hydrogen-bond acceptors (Lipinski definition) is 4. The second kappa shape index (κ2) is 10.9. The Balaban J connectivity index is 1.82. The molecular formula is C24H32N4O4.